The van der Waals surface area contributed by atoms with E-state index in [0.29, 0.717) is 24.4 Å². The largest absolute Gasteiger partial charge is 0.352 e. The topological polar surface area (TPSA) is 32.3 Å². The van der Waals surface area contributed by atoms with Crippen LogP contribution in [0.5, 0.6) is 0 Å². The first-order valence-electron chi connectivity index (χ1n) is 12.0. The minimum Gasteiger partial charge on any atom is -0.352 e. The van der Waals surface area contributed by atoms with Gasteiger partial charge in [0.15, 0.2) is 0 Å². The Balaban J connectivity index is 1.06. The molecule has 2 fully saturated rings. The summed E-state index contributed by atoms with van der Waals surface area (Å²) in [5, 5.41) is 3.22. The van der Waals surface area contributed by atoms with Crippen LogP contribution in [-0.4, -0.2) is 36.5 Å². The third kappa shape index (κ3) is 5.69. The molecule has 3 aromatic carbocycles. The molecular weight excluding hydrogens is 411 g/mol. The van der Waals surface area contributed by atoms with Gasteiger partial charge in [-0.3, -0.25) is 9.69 Å². The third-order valence-corrected chi connectivity index (χ3v) is 7.09. The SMILES string of the molecule is O=C(CN1CCC(c2ccc(Cc3ccc(F)cc3)cc2)CC1)N[C@@H]1C[C@H]1c1ccccc1. The van der Waals surface area contributed by atoms with Gasteiger partial charge in [-0.1, -0.05) is 66.7 Å². The molecule has 1 aliphatic carbocycles. The second-order valence-corrected chi connectivity index (χ2v) is 9.52. The Bertz CT molecular complexity index is 1060. The Morgan fingerprint density at radius 3 is 2.15 bits per heavy atom. The number of carbonyl (C=O) groups is 1. The molecule has 0 radical (unpaired) electrons. The van der Waals surface area contributed by atoms with E-state index in [1.54, 1.807) is 0 Å². The summed E-state index contributed by atoms with van der Waals surface area (Å²) in [6.07, 6.45) is 4.04. The lowest BCUT2D eigenvalue weighted by Crippen LogP contribution is -2.42. The van der Waals surface area contributed by atoms with Crippen LogP contribution >= 0.6 is 0 Å². The van der Waals surface area contributed by atoms with E-state index in [0.717, 1.165) is 44.3 Å². The monoisotopic (exact) mass is 442 g/mol. The molecule has 3 aromatic rings. The van der Waals surface area contributed by atoms with E-state index in [1.165, 1.54) is 28.8 Å². The molecule has 33 heavy (non-hydrogen) atoms. The summed E-state index contributed by atoms with van der Waals surface area (Å²) < 4.78 is 13.1. The Morgan fingerprint density at radius 2 is 1.48 bits per heavy atom. The lowest BCUT2D eigenvalue weighted by Gasteiger charge is -2.31. The number of piperidine rings is 1. The van der Waals surface area contributed by atoms with E-state index in [9.17, 15) is 9.18 Å². The number of rotatable bonds is 7. The van der Waals surface area contributed by atoms with Gasteiger partial charge in [0, 0.05) is 12.0 Å². The molecule has 1 aliphatic heterocycles. The zero-order valence-electron chi connectivity index (χ0n) is 18.9. The summed E-state index contributed by atoms with van der Waals surface area (Å²) in [7, 11) is 0. The summed E-state index contributed by atoms with van der Waals surface area (Å²) in [6.45, 7) is 2.42. The molecule has 1 heterocycles. The van der Waals surface area contributed by atoms with Crippen LogP contribution < -0.4 is 5.32 Å². The van der Waals surface area contributed by atoms with Crippen LogP contribution in [0.25, 0.3) is 0 Å². The number of carbonyl (C=O) groups excluding carboxylic acids is 1. The van der Waals surface area contributed by atoms with Gasteiger partial charge >= 0.3 is 0 Å². The van der Waals surface area contributed by atoms with Crippen molar-refractivity contribution in [2.75, 3.05) is 19.6 Å². The van der Waals surface area contributed by atoms with Crippen LogP contribution in [0.3, 0.4) is 0 Å². The maximum atomic E-state index is 13.1. The van der Waals surface area contributed by atoms with Crippen LogP contribution in [0.1, 0.15) is 53.4 Å². The van der Waals surface area contributed by atoms with Crippen LogP contribution in [0, 0.1) is 5.82 Å². The number of hydrogen-bond donors (Lipinski definition) is 1. The van der Waals surface area contributed by atoms with Gasteiger partial charge in [-0.2, -0.15) is 0 Å². The first kappa shape index (κ1) is 21.8. The molecule has 1 N–H and O–H groups in total. The van der Waals surface area contributed by atoms with E-state index < -0.39 is 0 Å². The van der Waals surface area contributed by atoms with Gasteiger partial charge in [0.05, 0.1) is 6.54 Å². The number of nitrogens with zero attached hydrogens (tertiary/aromatic N) is 1. The first-order chi connectivity index (χ1) is 16.1. The van der Waals surface area contributed by atoms with Crippen molar-refractivity contribution in [1.82, 2.24) is 10.2 Å². The molecule has 2 atom stereocenters. The molecule has 0 unspecified atom stereocenters. The fourth-order valence-electron chi connectivity index (χ4n) is 5.05. The van der Waals surface area contributed by atoms with Crippen molar-refractivity contribution in [2.45, 2.75) is 43.6 Å². The van der Waals surface area contributed by atoms with Crippen molar-refractivity contribution in [3.05, 3.63) is 107 Å². The second-order valence-electron chi connectivity index (χ2n) is 9.52. The predicted molar refractivity (Wildman–Crippen MR) is 130 cm³/mol. The van der Waals surface area contributed by atoms with Gasteiger partial charge in [-0.15, -0.1) is 0 Å². The molecule has 0 aromatic heterocycles. The smallest absolute Gasteiger partial charge is 0.234 e. The minimum atomic E-state index is -0.193. The Kier molecular flexibility index (Phi) is 6.54. The normalized spacial score (nSPS) is 21.0. The van der Waals surface area contributed by atoms with Crippen molar-refractivity contribution < 1.29 is 9.18 Å². The van der Waals surface area contributed by atoms with Crippen molar-refractivity contribution in [3.8, 4) is 0 Å². The predicted octanol–water partition coefficient (Wildman–Crippen LogP) is 5.27. The van der Waals surface area contributed by atoms with Crippen LogP contribution in [-0.2, 0) is 11.2 Å². The van der Waals surface area contributed by atoms with E-state index >= 15 is 0 Å². The highest BCUT2D eigenvalue weighted by molar-refractivity contribution is 5.79. The fraction of sp³-hybridized carbons (Fsp3) is 0.345. The zero-order valence-corrected chi connectivity index (χ0v) is 18.9. The summed E-state index contributed by atoms with van der Waals surface area (Å²) >= 11 is 0. The highest BCUT2D eigenvalue weighted by atomic mass is 19.1. The highest BCUT2D eigenvalue weighted by Gasteiger charge is 2.39. The Morgan fingerprint density at radius 1 is 0.848 bits per heavy atom. The third-order valence-electron chi connectivity index (χ3n) is 7.09. The molecule has 4 heteroatoms. The number of hydrogen-bond acceptors (Lipinski definition) is 2. The van der Waals surface area contributed by atoms with Crippen molar-refractivity contribution in [3.63, 3.8) is 0 Å². The molecule has 1 saturated heterocycles. The standard InChI is InChI=1S/C29H31FN2O/c30-26-12-8-22(9-13-26)18-21-6-10-23(11-7-21)24-14-16-32(17-15-24)20-29(33)31-28-19-27(28)25-4-2-1-3-5-25/h1-13,24,27-28H,14-20H2,(H,31,33)/t27-,28+/m0/s1. The summed E-state index contributed by atoms with van der Waals surface area (Å²) in [5.74, 6) is 0.992. The van der Waals surface area contributed by atoms with Crippen molar-refractivity contribution >= 4 is 5.91 Å². The number of amides is 1. The molecule has 170 valence electrons. The summed E-state index contributed by atoms with van der Waals surface area (Å²) in [5.41, 5.74) is 5.07. The van der Waals surface area contributed by atoms with Crippen LogP contribution in [0.4, 0.5) is 4.39 Å². The van der Waals surface area contributed by atoms with Gasteiger partial charge in [-0.25, -0.2) is 4.39 Å². The molecule has 3 nitrogen and oxygen atoms in total. The van der Waals surface area contributed by atoms with Gasteiger partial charge in [0.2, 0.25) is 5.91 Å². The number of nitrogens with one attached hydrogen (secondary N) is 1. The summed E-state index contributed by atoms with van der Waals surface area (Å²) in [6, 6.07) is 26.4. The van der Waals surface area contributed by atoms with E-state index in [2.05, 4.69) is 58.7 Å². The highest BCUT2D eigenvalue weighted by Crippen LogP contribution is 2.40. The first-order valence-corrected chi connectivity index (χ1v) is 12.0. The lowest BCUT2D eigenvalue weighted by molar-refractivity contribution is -0.122. The maximum absolute atomic E-state index is 13.1. The zero-order chi connectivity index (χ0) is 22.6. The van der Waals surface area contributed by atoms with E-state index in [-0.39, 0.29) is 11.7 Å². The average Bonchev–Trinajstić information content (AvgIpc) is 3.61. The Hall–Kier alpha value is -2.98. The molecule has 1 saturated carbocycles. The van der Waals surface area contributed by atoms with Crippen molar-refractivity contribution in [2.24, 2.45) is 0 Å². The minimum absolute atomic E-state index is 0.155. The van der Waals surface area contributed by atoms with Crippen LogP contribution in [0.2, 0.25) is 0 Å². The second kappa shape index (κ2) is 9.88. The molecule has 5 rings (SSSR count). The lowest BCUT2D eigenvalue weighted by atomic mass is 9.88. The van der Waals surface area contributed by atoms with Gasteiger partial charge in [-0.05, 0) is 79.1 Å². The quantitative estimate of drug-likeness (QED) is 0.541. The molecule has 0 spiro atoms. The fourth-order valence-corrected chi connectivity index (χ4v) is 5.05. The van der Waals surface area contributed by atoms with Gasteiger partial charge < -0.3 is 5.32 Å². The van der Waals surface area contributed by atoms with Crippen LogP contribution in [0.15, 0.2) is 78.9 Å². The molecular formula is C29H31FN2O. The number of likely N-dealkylation sites (tertiary alicyclic amines) is 1. The molecule has 0 bridgehead atoms. The van der Waals surface area contributed by atoms with Gasteiger partial charge in [0.25, 0.3) is 0 Å². The number of benzene rings is 3. The van der Waals surface area contributed by atoms with E-state index in [4.69, 9.17) is 0 Å². The maximum Gasteiger partial charge on any atom is 0.234 e. The average molecular weight is 443 g/mol. The van der Waals surface area contributed by atoms with Crippen molar-refractivity contribution in [1.29, 1.82) is 0 Å². The molecule has 2 aliphatic rings. The summed E-state index contributed by atoms with van der Waals surface area (Å²) in [4.78, 5) is 14.8. The van der Waals surface area contributed by atoms with E-state index in [1.807, 2.05) is 18.2 Å². The molecule has 1 amide bonds. The number of halogens is 1. The van der Waals surface area contributed by atoms with Gasteiger partial charge in [0.1, 0.15) is 5.82 Å². The Labute approximate surface area is 195 Å².